The molecule has 0 saturated heterocycles. The second-order valence-corrected chi connectivity index (χ2v) is 7.80. The highest BCUT2D eigenvalue weighted by Crippen LogP contribution is 2.37. The largest absolute Gasteiger partial charge is 0.377 e. The lowest BCUT2D eigenvalue weighted by atomic mass is 10.1. The third-order valence-electron chi connectivity index (χ3n) is 4.85. The molecule has 0 aliphatic heterocycles. The van der Waals surface area contributed by atoms with Crippen LogP contribution in [-0.2, 0) is 17.9 Å². The number of benzene rings is 1. The molecule has 0 aliphatic carbocycles. The Morgan fingerprint density at radius 1 is 1.06 bits per heavy atom. The summed E-state index contributed by atoms with van der Waals surface area (Å²) in [7, 11) is 1.65. The van der Waals surface area contributed by atoms with Crippen molar-refractivity contribution >= 4 is 27.4 Å². The first-order valence-corrected chi connectivity index (χ1v) is 10.7. The molecule has 0 unspecified atom stereocenters. The SMILES string of the molecule is COCc1nc(NCc2ccnc(-n3cccn3)c2)c2c(-c3ccccc3)csc2n1. The molecule has 1 aromatic carbocycles. The molecule has 5 rings (SSSR count). The summed E-state index contributed by atoms with van der Waals surface area (Å²) in [6.45, 7) is 0.960. The van der Waals surface area contributed by atoms with Crippen molar-refractivity contribution in [3.63, 3.8) is 0 Å². The van der Waals surface area contributed by atoms with Crippen LogP contribution in [0.15, 0.2) is 72.5 Å². The first-order chi connectivity index (χ1) is 15.3. The molecule has 1 N–H and O–H groups in total. The normalized spacial score (nSPS) is 11.1. The Morgan fingerprint density at radius 2 is 1.97 bits per heavy atom. The number of nitrogens with one attached hydrogen (secondary N) is 1. The van der Waals surface area contributed by atoms with Crippen molar-refractivity contribution in [1.29, 1.82) is 0 Å². The predicted octanol–water partition coefficient (Wildman–Crippen LogP) is 4.70. The van der Waals surface area contributed by atoms with Crippen molar-refractivity contribution in [2.75, 3.05) is 12.4 Å². The average Bonchev–Trinajstić information content (AvgIpc) is 3.49. The van der Waals surface area contributed by atoms with Crippen LogP contribution in [0.25, 0.3) is 27.2 Å². The smallest absolute Gasteiger partial charge is 0.158 e. The highest BCUT2D eigenvalue weighted by molar-refractivity contribution is 7.17. The molecule has 31 heavy (non-hydrogen) atoms. The Bertz CT molecular complexity index is 1300. The fourth-order valence-corrected chi connectivity index (χ4v) is 4.39. The number of methoxy groups -OCH3 is 1. The van der Waals surface area contributed by atoms with Gasteiger partial charge in [-0.2, -0.15) is 5.10 Å². The van der Waals surface area contributed by atoms with Crippen molar-refractivity contribution in [1.82, 2.24) is 24.7 Å². The maximum absolute atomic E-state index is 5.28. The summed E-state index contributed by atoms with van der Waals surface area (Å²) in [4.78, 5) is 14.8. The van der Waals surface area contributed by atoms with Crippen LogP contribution in [0.5, 0.6) is 0 Å². The predicted molar refractivity (Wildman–Crippen MR) is 122 cm³/mol. The van der Waals surface area contributed by atoms with Crippen molar-refractivity contribution < 1.29 is 4.74 Å². The van der Waals surface area contributed by atoms with Gasteiger partial charge in [0.15, 0.2) is 11.6 Å². The molecular formula is C23H20N6OS. The molecule has 0 radical (unpaired) electrons. The van der Waals surface area contributed by atoms with Crippen LogP contribution >= 0.6 is 11.3 Å². The van der Waals surface area contributed by atoms with E-state index in [1.54, 1.807) is 35.5 Å². The number of hydrogen-bond acceptors (Lipinski definition) is 7. The van der Waals surface area contributed by atoms with Gasteiger partial charge in [0.2, 0.25) is 0 Å². The van der Waals surface area contributed by atoms with Gasteiger partial charge in [0.05, 0.1) is 5.39 Å². The van der Waals surface area contributed by atoms with E-state index in [2.05, 4.69) is 32.9 Å². The van der Waals surface area contributed by atoms with Crippen molar-refractivity contribution in [3.05, 3.63) is 83.9 Å². The van der Waals surface area contributed by atoms with E-state index >= 15 is 0 Å². The van der Waals surface area contributed by atoms with Gasteiger partial charge in [-0.3, -0.25) is 0 Å². The molecule has 0 spiro atoms. The lowest BCUT2D eigenvalue weighted by Crippen LogP contribution is -2.07. The van der Waals surface area contributed by atoms with Gasteiger partial charge in [-0.05, 0) is 29.3 Å². The standard InChI is InChI=1S/C23H20N6OS/c1-30-14-19-27-22(21-18(15-31-23(21)28-19)17-6-3-2-4-7-17)25-13-16-8-10-24-20(12-16)29-11-5-9-26-29/h2-12,15H,13-14H2,1H3,(H,25,27,28). The highest BCUT2D eigenvalue weighted by atomic mass is 32.1. The zero-order chi connectivity index (χ0) is 21.0. The van der Waals surface area contributed by atoms with Crippen LogP contribution in [0.3, 0.4) is 0 Å². The Morgan fingerprint density at radius 3 is 2.77 bits per heavy atom. The van der Waals surface area contributed by atoms with Crippen LogP contribution in [0, 0.1) is 0 Å². The van der Waals surface area contributed by atoms with Crippen molar-refractivity contribution in [2.24, 2.45) is 0 Å². The molecule has 0 aliphatic rings. The quantitative estimate of drug-likeness (QED) is 0.405. The van der Waals surface area contributed by atoms with Crippen molar-refractivity contribution in [2.45, 2.75) is 13.2 Å². The molecule has 0 atom stereocenters. The summed E-state index contributed by atoms with van der Waals surface area (Å²) in [6.07, 6.45) is 5.41. The van der Waals surface area contributed by atoms with Crippen LogP contribution in [0.4, 0.5) is 5.82 Å². The van der Waals surface area contributed by atoms with Gasteiger partial charge in [-0.15, -0.1) is 11.3 Å². The molecule has 0 fully saturated rings. The van der Waals surface area contributed by atoms with E-state index in [1.165, 1.54) is 0 Å². The number of fused-ring (bicyclic) bond motifs is 1. The summed E-state index contributed by atoms with van der Waals surface area (Å²) < 4.78 is 7.02. The van der Waals surface area contributed by atoms with E-state index in [1.807, 2.05) is 42.6 Å². The summed E-state index contributed by atoms with van der Waals surface area (Å²) >= 11 is 1.62. The van der Waals surface area contributed by atoms with Gasteiger partial charge in [0.1, 0.15) is 17.3 Å². The summed E-state index contributed by atoms with van der Waals surface area (Å²) in [6, 6.07) is 16.2. The number of thiophene rings is 1. The zero-order valence-electron chi connectivity index (χ0n) is 16.9. The highest BCUT2D eigenvalue weighted by Gasteiger charge is 2.15. The van der Waals surface area contributed by atoms with E-state index < -0.39 is 0 Å². The third kappa shape index (κ3) is 4.03. The molecule has 0 saturated carbocycles. The van der Waals surface area contributed by atoms with Gasteiger partial charge in [-0.1, -0.05) is 30.3 Å². The van der Waals surface area contributed by atoms with Gasteiger partial charge in [0, 0.05) is 43.2 Å². The van der Waals surface area contributed by atoms with Gasteiger partial charge in [-0.25, -0.2) is 19.6 Å². The van der Waals surface area contributed by atoms with E-state index in [0.29, 0.717) is 19.0 Å². The minimum atomic E-state index is 0.363. The molecule has 0 bridgehead atoms. The Kier molecular flexibility index (Phi) is 5.39. The molecular weight excluding hydrogens is 408 g/mol. The van der Waals surface area contributed by atoms with Crippen molar-refractivity contribution in [3.8, 4) is 16.9 Å². The van der Waals surface area contributed by atoms with E-state index in [-0.39, 0.29) is 0 Å². The minimum Gasteiger partial charge on any atom is -0.377 e. The second-order valence-electron chi connectivity index (χ2n) is 6.94. The van der Waals surface area contributed by atoms with Crippen LogP contribution in [0.1, 0.15) is 11.4 Å². The average molecular weight is 429 g/mol. The molecule has 0 amide bonds. The molecule has 4 aromatic heterocycles. The minimum absolute atomic E-state index is 0.363. The summed E-state index contributed by atoms with van der Waals surface area (Å²) in [5, 5.41) is 10.9. The number of hydrogen-bond donors (Lipinski definition) is 1. The topological polar surface area (TPSA) is 77.8 Å². The number of aromatic nitrogens is 5. The monoisotopic (exact) mass is 428 g/mol. The first-order valence-electron chi connectivity index (χ1n) is 9.83. The Hall–Kier alpha value is -3.62. The fourth-order valence-electron chi connectivity index (χ4n) is 3.42. The second kappa shape index (κ2) is 8.63. The Labute approximate surface area is 183 Å². The number of pyridine rings is 1. The molecule has 4 heterocycles. The van der Waals surface area contributed by atoms with Crippen LogP contribution < -0.4 is 5.32 Å². The van der Waals surface area contributed by atoms with Crippen LogP contribution in [0.2, 0.25) is 0 Å². The van der Waals surface area contributed by atoms with Gasteiger partial charge < -0.3 is 10.1 Å². The molecule has 5 aromatic rings. The summed E-state index contributed by atoms with van der Waals surface area (Å²) in [5.74, 6) is 2.23. The van der Waals surface area contributed by atoms with Gasteiger partial charge >= 0.3 is 0 Å². The van der Waals surface area contributed by atoms with E-state index in [9.17, 15) is 0 Å². The number of nitrogens with zero attached hydrogens (tertiary/aromatic N) is 5. The zero-order valence-corrected chi connectivity index (χ0v) is 17.7. The number of ether oxygens (including phenoxy) is 1. The number of anilines is 1. The lowest BCUT2D eigenvalue weighted by molar-refractivity contribution is 0.178. The van der Waals surface area contributed by atoms with Crippen LogP contribution in [-0.4, -0.2) is 31.8 Å². The number of rotatable bonds is 7. The molecule has 7 nitrogen and oxygen atoms in total. The lowest BCUT2D eigenvalue weighted by Gasteiger charge is -2.11. The van der Waals surface area contributed by atoms with E-state index in [4.69, 9.17) is 14.7 Å². The first kappa shape index (κ1) is 19.3. The Balaban J connectivity index is 1.51. The summed E-state index contributed by atoms with van der Waals surface area (Å²) in [5.41, 5.74) is 3.35. The maximum Gasteiger partial charge on any atom is 0.158 e. The van der Waals surface area contributed by atoms with Gasteiger partial charge in [0.25, 0.3) is 0 Å². The third-order valence-corrected chi connectivity index (χ3v) is 5.72. The molecule has 154 valence electrons. The fraction of sp³-hybridized carbons (Fsp3) is 0.130. The molecule has 8 heteroatoms. The maximum atomic E-state index is 5.28. The van der Waals surface area contributed by atoms with E-state index in [0.717, 1.165) is 38.5 Å².